The molecule has 1 fully saturated rings. The van der Waals surface area contributed by atoms with Gasteiger partial charge in [-0.2, -0.15) is 0 Å². The highest BCUT2D eigenvalue weighted by Crippen LogP contribution is 2.20. The van der Waals surface area contributed by atoms with Gasteiger partial charge in [0.25, 0.3) is 0 Å². The predicted molar refractivity (Wildman–Crippen MR) is 55.9 cm³/mol. The molecule has 4 nitrogen and oxygen atoms in total. The predicted octanol–water partition coefficient (Wildman–Crippen LogP) is 1.83. The van der Waals surface area contributed by atoms with E-state index in [2.05, 4.69) is 0 Å². The minimum Gasteiger partial charge on any atom is -0.479 e. The number of carboxylic acid groups (broad SMARTS) is 1. The zero-order valence-electron chi connectivity index (χ0n) is 9.28. The largest absolute Gasteiger partial charge is 0.479 e. The van der Waals surface area contributed by atoms with E-state index in [0.29, 0.717) is 6.61 Å². The van der Waals surface area contributed by atoms with Crippen molar-refractivity contribution in [2.45, 2.75) is 51.2 Å². The molecule has 88 valence electrons. The van der Waals surface area contributed by atoms with Gasteiger partial charge in [-0.05, 0) is 19.8 Å². The Morgan fingerprint density at radius 2 is 2.07 bits per heavy atom. The van der Waals surface area contributed by atoms with E-state index in [1.165, 1.54) is 19.3 Å². The fraction of sp³-hybridized carbons (Fsp3) is 0.909. The number of rotatable bonds is 6. The Kier molecular flexibility index (Phi) is 5.65. The van der Waals surface area contributed by atoms with E-state index in [0.717, 1.165) is 12.8 Å². The van der Waals surface area contributed by atoms with Crippen molar-refractivity contribution in [2.75, 3.05) is 13.2 Å². The fourth-order valence-electron chi connectivity index (χ4n) is 1.85. The van der Waals surface area contributed by atoms with Crippen molar-refractivity contribution in [3.63, 3.8) is 0 Å². The maximum absolute atomic E-state index is 10.8. The van der Waals surface area contributed by atoms with Gasteiger partial charge in [0.15, 0.2) is 6.10 Å². The third-order valence-corrected chi connectivity index (χ3v) is 2.68. The number of ether oxygens (including phenoxy) is 2. The first kappa shape index (κ1) is 12.5. The van der Waals surface area contributed by atoms with Gasteiger partial charge in [0, 0.05) is 6.61 Å². The van der Waals surface area contributed by atoms with Crippen LogP contribution in [0.25, 0.3) is 0 Å². The molecule has 0 heterocycles. The SMILES string of the molecule is CCOC(COC1CCCCC1)C(=O)O. The molecule has 0 bridgehead atoms. The summed E-state index contributed by atoms with van der Waals surface area (Å²) in [4.78, 5) is 10.8. The Hall–Kier alpha value is -0.610. The summed E-state index contributed by atoms with van der Waals surface area (Å²) < 4.78 is 10.6. The van der Waals surface area contributed by atoms with Crippen molar-refractivity contribution in [1.82, 2.24) is 0 Å². The fourth-order valence-corrected chi connectivity index (χ4v) is 1.85. The number of hydrogen-bond donors (Lipinski definition) is 1. The lowest BCUT2D eigenvalue weighted by Gasteiger charge is -2.23. The molecule has 0 aliphatic heterocycles. The first-order chi connectivity index (χ1) is 7.24. The van der Waals surface area contributed by atoms with Crippen LogP contribution < -0.4 is 0 Å². The van der Waals surface area contributed by atoms with Gasteiger partial charge in [0.2, 0.25) is 0 Å². The third-order valence-electron chi connectivity index (χ3n) is 2.68. The van der Waals surface area contributed by atoms with E-state index in [4.69, 9.17) is 14.6 Å². The van der Waals surface area contributed by atoms with Crippen molar-refractivity contribution >= 4 is 5.97 Å². The summed E-state index contributed by atoms with van der Waals surface area (Å²) in [5, 5.41) is 8.83. The van der Waals surface area contributed by atoms with Crippen LogP contribution in [-0.4, -0.2) is 36.5 Å². The van der Waals surface area contributed by atoms with Crippen molar-refractivity contribution in [2.24, 2.45) is 0 Å². The Labute approximate surface area is 90.6 Å². The second-order valence-electron chi connectivity index (χ2n) is 3.88. The molecule has 0 radical (unpaired) electrons. The highest BCUT2D eigenvalue weighted by Gasteiger charge is 2.21. The molecule has 0 aromatic carbocycles. The molecule has 15 heavy (non-hydrogen) atoms. The molecule has 4 heteroatoms. The maximum atomic E-state index is 10.8. The van der Waals surface area contributed by atoms with Crippen LogP contribution >= 0.6 is 0 Å². The number of hydrogen-bond acceptors (Lipinski definition) is 3. The number of carboxylic acids is 1. The summed E-state index contributed by atoms with van der Waals surface area (Å²) in [5.74, 6) is -0.937. The van der Waals surface area contributed by atoms with Crippen LogP contribution in [0.15, 0.2) is 0 Å². The first-order valence-electron chi connectivity index (χ1n) is 5.70. The van der Waals surface area contributed by atoms with Gasteiger partial charge in [-0.1, -0.05) is 19.3 Å². The maximum Gasteiger partial charge on any atom is 0.335 e. The van der Waals surface area contributed by atoms with Crippen molar-refractivity contribution in [1.29, 1.82) is 0 Å². The van der Waals surface area contributed by atoms with Gasteiger partial charge in [-0.25, -0.2) is 4.79 Å². The van der Waals surface area contributed by atoms with Crippen LogP contribution in [-0.2, 0) is 14.3 Å². The lowest BCUT2D eigenvalue weighted by molar-refractivity contribution is -0.156. The summed E-state index contributed by atoms with van der Waals surface area (Å²) in [6.45, 7) is 2.37. The standard InChI is InChI=1S/C11H20O4/c1-2-14-10(11(12)13)8-15-9-6-4-3-5-7-9/h9-10H,2-8H2,1H3,(H,12,13). The molecule has 1 saturated carbocycles. The Bertz CT molecular complexity index is 187. The van der Waals surface area contributed by atoms with Gasteiger partial charge in [0.1, 0.15) is 0 Å². The molecule has 0 saturated heterocycles. The molecule has 1 aliphatic carbocycles. The van der Waals surface area contributed by atoms with Gasteiger partial charge in [0.05, 0.1) is 12.7 Å². The lowest BCUT2D eigenvalue weighted by Crippen LogP contribution is -2.32. The zero-order chi connectivity index (χ0) is 11.1. The third kappa shape index (κ3) is 4.62. The lowest BCUT2D eigenvalue weighted by atomic mass is 9.98. The number of aliphatic carboxylic acids is 1. The molecule has 0 aromatic rings. The monoisotopic (exact) mass is 216 g/mol. The summed E-state index contributed by atoms with van der Waals surface area (Å²) in [6, 6.07) is 0. The van der Waals surface area contributed by atoms with Crippen molar-refractivity contribution in [3.8, 4) is 0 Å². The molecular formula is C11H20O4. The zero-order valence-corrected chi connectivity index (χ0v) is 9.28. The van der Waals surface area contributed by atoms with Crippen LogP contribution in [0, 0.1) is 0 Å². The number of carbonyl (C=O) groups is 1. The molecule has 1 unspecified atom stereocenters. The van der Waals surface area contributed by atoms with E-state index in [-0.39, 0.29) is 12.7 Å². The Morgan fingerprint density at radius 1 is 1.40 bits per heavy atom. The van der Waals surface area contributed by atoms with E-state index in [1.54, 1.807) is 6.92 Å². The average Bonchev–Trinajstić information content (AvgIpc) is 2.25. The van der Waals surface area contributed by atoms with Crippen molar-refractivity contribution < 1.29 is 19.4 Å². The topological polar surface area (TPSA) is 55.8 Å². The van der Waals surface area contributed by atoms with Gasteiger partial charge in [-0.15, -0.1) is 0 Å². The molecular weight excluding hydrogens is 196 g/mol. The normalized spacial score (nSPS) is 20.1. The molecule has 1 atom stereocenters. The quantitative estimate of drug-likeness (QED) is 0.736. The first-order valence-corrected chi connectivity index (χ1v) is 5.70. The Morgan fingerprint density at radius 3 is 2.60 bits per heavy atom. The molecule has 0 aromatic heterocycles. The molecule has 1 N–H and O–H groups in total. The minimum atomic E-state index is -0.937. The van der Waals surface area contributed by atoms with Crippen LogP contribution in [0.3, 0.4) is 0 Å². The van der Waals surface area contributed by atoms with Crippen molar-refractivity contribution in [3.05, 3.63) is 0 Å². The molecule has 0 amide bonds. The molecule has 1 rings (SSSR count). The van der Waals surface area contributed by atoms with E-state index >= 15 is 0 Å². The second kappa shape index (κ2) is 6.80. The smallest absolute Gasteiger partial charge is 0.335 e. The summed E-state index contributed by atoms with van der Waals surface area (Å²) in [5.41, 5.74) is 0. The van der Waals surface area contributed by atoms with E-state index < -0.39 is 12.1 Å². The van der Waals surface area contributed by atoms with Crippen LogP contribution in [0.4, 0.5) is 0 Å². The van der Waals surface area contributed by atoms with Gasteiger partial charge < -0.3 is 14.6 Å². The van der Waals surface area contributed by atoms with Crippen LogP contribution in [0.2, 0.25) is 0 Å². The average molecular weight is 216 g/mol. The van der Waals surface area contributed by atoms with E-state index in [9.17, 15) is 4.79 Å². The highest BCUT2D eigenvalue weighted by atomic mass is 16.6. The van der Waals surface area contributed by atoms with E-state index in [1.807, 2.05) is 0 Å². The Balaban J connectivity index is 2.22. The minimum absolute atomic E-state index is 0.174. The highest BCUT2D eigenvalue weighted by molar-refractivity contribution is 5.72. The van der Waals surface area contributed by atoms with Crippen LogP contribution in [0.1, 0.15) is 39.0 Å². The molecule has 1 aliphatic rings. The van der Waals surface area contributed by atoms with Gasteiger partial charge in [-0.3, -0.25) is 0 Å². The summed E-state index contributed by atoms with van der Waals surface area (Å²) in [6.07, 6.45) is 5.19. The second-order valence-corrected chi connectivity index (χ2v) is 3.88. The summed E-state index contributed by atoms with van der Waals surface area (Å²) in [7, 11) is 0. The van der Waals surface area contributed by atoms with Crippen LogP contribution in [0.5, 0.6) is 0 Å². The molecule has 0 spiro atoms. The van der Waals surface area contributed by atoms with Gasteiger partial charge >= 0.3 is 5.97 Å². The summed E-state index contributed by atoms with van der Waals surface area (Å²) >= 11 is 0.